The lowest BCUT2D eigenvalue weighted by atomic mass is 10.2. The van der Waals surface area contributed by atoms with Crippen LogP contribution in [-0.4, -0.2) is 23.3 Å². The Kier molecular flexibility index (Phi) is 7.24. The second kappa shape index (κ2) is 9.08. The summed E-state index contributed by atoms with van der Waals surface area (Å²) >= 11 is 0. The smallest absolute Gasteiger partial charge is 0.220 e. The lowest BCUT2D eigenvalue weighted by Crippen LogP contribution is -2.23. The summed E-state index contributed by atoms with van der Waals surface area (Å²) in [6.45, 7) is 2.74. The van der Waals surface area contributed by atoms with Crippen LogP contribution in [0.5, 0.6) is 0 Å². The van der Waals surface area contributed by atoms with Gasteiger partial charge in [-0.3, -0.25) is 14.6 Å². The van der Waals surface area contributed by atoms with Gasteiger partial charge >= 0.3 is 0 Å². The molecular formula is C14H21N3O2. The van der Waals surface area contributed by atoms with Gasteiger partial charge in [-0.15, -0.1) is 0 Å². The minimum Gasteiger partial charge on any atom is -0.356 e. The molecular weight excluding hydrogens is 242 g/mol. The third-order valence-corrected chi connectivity index (χ3v) is 2.69. The van der Waals surface area contributed by atoms with Crippen molar-refractivity contribution in [2.45, 2.75) is 39.2 Å². The molecule has 0 aliphatic carbocycles. The molecule has 0 saturated heterocycles. The third kappa shape index (κ3) is 7.91. The van der Waals surface area contributed by atoms with Crippen molar-refractivity contribution >= 4 is 11.8 Å². The summed E-state index contributed by atoms with van der Waals surface area (Å²) in [7, 11) is 0. The van der Waals surface area contributed by atoms with Crippen LogP contribution in [-0.2, 0) is 16.1 Å². The molecule has 0 unspecified atom stereocenters. The second-order valence-electron chi connectivity index (χ2n) is 4.43. The van der Waals surface area contributed by atoms with Crippen LogP contribution in [0.25, 0.3) is 0 Å². The Bertz CT molecular complexity index is 393. The summed E-state index contributed by atoms with van der Waals surface area (Å²) in [5.41, 5.74) is 1.05. The number of aromatic nitrogens is 1. The highest BCUT2D eigenvalue weighted by molar-refractivity contribution is 5.75. The van der Waals surface area contributed by atoms with E-state index >= 15 is 0 Å². The normalized spacial score (nSPS) is 9.95. The van der Waals surface area contributed by atoms with Crippen LogP contribution in [0.1, 0.15) is 38.2 Å². The maximum absolute atomic E-state index is 11.6. The third-order valence-electron chi connectivity index (χ3n) is 2.69. The number of nitrogens with zero attached hydrogens (tertiary/aromatic N) is 1. The summed E-state index contributed by atoms with van der Waals surface area (Å²) in [6, 6.07) is 3.77. The van der Waals surface area contributed by atoms with E-state index in [1.54, 1.807) is 12.4 Å². The number of unbranched alkanes of at least 4 members (excludes halogenated alkanes) is 2. The second-order valence-corrected chi connectivity index (χ2v) is 4.43. The van der Waals surface area contributed by atoms with Gasteiger partial charge in [0.1, 0.15) is 0 Å². The van der Waals surface area contributed by atoms with E-state index in [1.807, 2.05) is 12.1 Å². The van der Waals surface area contributed by atoms with Gasteiger partial charge in [0.15, 0.2) is 0 Å². The molecule has 0 bridgehead atoms. The van der Waals surface area contributed by atoms with Crippen LogP contribution in [0.3, 0.4) is 0 Å². The van der Waals surface area contributed by atoms with Gasteiger partial charge < -0.3 is 10.6 Å². The van der Waals surface area contributed by atoms with Gasteiger partial charge in [0.2, 0.25) is 11.8 Å². The molecule has 5 heteroatoms. The molecule has 0 aliphatic rings. The van der Waals surface area contributed by atoms with Crippen molar-refractivity contribution in [2.24, 2.45) is 0 Å². The number of carbonyl (C=O) groups is 2. The Hall–Kier alpha value is -1.91. The number of rotatable bonds is 8. The first-order valence-electron chi connectivity index (χ1n) is 6.58. The molecule has 104 valence electrons. The predicted molar refractivity (Wildman–Crippen MR) is 73.2 cm³/mol. The van der Waals surface area contributed by atoms with E-state index in [0.717, 1.165) is 24.8 Å². The Morgan fingerprint density at radius 2 is 1.84 bits per heavy atom. The fourth-order valence-electron chi connectivity index (χ4n) is 1.64. The van der Waals surface area contributed by atoms with Gasteiger partial charge in [-0.2, -0.15) is 0 Å². The van der Waals surface area contributed by atoms with Gasteiger partial charge in [-0.1, -0.05) is 6.42 Å². The SMILES string of the molecule is CC(=O)NCCCCCC(=O)NCc1ccncc1. The van der Waals surface area contributed by atoms with E-state index in [1.165, 1.54) is 6.92 Å². The zero-order chi connectivity index (χ0) is 13.9. The average Bonchev–Trinajstić information content (AvgIpc) is 2.41. The molecule has 5 nitrogen and oxygen atoms in total. The number of hydrogen-bond donors (Lipinski definition) is 2. The molecule has 0 aliphatic heterocycles. The molecule has 0 aromatic carbocycles. The summed E-state index contributed by atoms with van der Waals surface area (Å²) in [5, 5.41) is 5.61. The molecule has 1 aromatic rings. The van der Waals surface area contributed by atoms with Crippen molar-refractivity contribution in [1.82, 2.24) is 15.6 Å². The number of nitrogens with one attached hydrogen (secondary N) is 2. The van der Waals surface area contributed by atoms with Crippen molar-refractivity contribution in [3.05, 3.63) is 30.1 Å². The van der Waals surface area contributed by atoms with Gasteiger partial charge in [0, 0.05) is 38.8 Å². The Morgan fingerprint density at radius 3 is 2.53 bits per heavy atom. The first kappa shape index (κ1) is 15.1. The standard InChI is InChI=1S/C14H21N3O2/c1-12(18)16-8-4-2-3-5-14(19)17-11-13-6-9-15-10-7-13/h6-7,9-10H,2-5,8,11H2,1H3,(H,16,18)(H,17,19). The van der Waals surface area contributed by atoms with E-state index < -0.39 is 0 Å². The summed E-state index contributed by atoms with van der Waals surface area (Å²) < 4.78 is 0. The van der Waals surface area contributed by atoms with Crippen LogP contribution < -0.4 is 10.6 Å². The summed E-state index contributed by atoms with van der Waals surface area (Å²) in [6.07, 6.45) is 6.67. The van der Waals surface area contributed by atoms with Crippen molar-refractivity contribution in [1.29, 1.82) is 0 Å². The first-order valence-corrected chi connectivity index (χ1v) is 6.58. The molecule has 0 atom stereocenters. The Morgan fingerprint density at radius 1 is 1.11 bits per heavy atom. The Labute approximate surface area is 113 Å². The fraction of sp³-hybridized carbons (Fsp3) is 0.500. The molecule has 1 heterocycles. The molecule has 0 spiro atoms. The lowest BCUT2D eigenvalue weighted by molar-refractivity contribution is -0.121. The number of hydrogen-bond acceptors (Lipinski definition) is 3. The summed E-state index contributed by atoms with van der Waals surface area (Å²) in [5.74, 6) is 0.0615. The van der Waals surface area contributed by atoms with Gasteiger partial charge in [-0.25, -0.2) is 0 Å². The van der Waals surface area contributed by atoms with E-state index in [4.69, 9.17) is 0 Å². The van der Waals surface area contributed by atoms with E-state index in [0.29, 0.717) is 19.5 Å². The lowest BCUT2D eigenvalue weighted by Gasteiger charge is -2.05. The predicted octanol–water partition coefficient (Wildman–Crippen LogP) is 1.39. The van der Waals surface area contributed by atoms with Crippen molar-refractivity contribution in [3.8, 4) is 0 Å². The van der Waals surface area contributed by atoms with Gasteiger partial charge in [-0.05, 0) is 30.5 Å². The van der Waals surface area contributed by atoms with Crippen LogP contribution in [0, 0.1) is 0 Å². The Balaban J connectivity index is 2.01. The molecule has 0 saturated carbocycles. The minimum absolute atomic E-state index is 0.00454. The van der Waals surface area contributed by atoms with E-state index in [-0.39, 0.29) is 11.8 Å². The van der Waals surface area contributed by atoms with Crippen LogP contribution >= 0.6 is 0 Å². The van der Waals surface area contributed by atoms with Crippen LogP contribution in [0.4, 0.5) is 0 Å². The molecule has 1 aromatic heterocycles. The fourth-order valence-corrected chi connectivity index (χ4v) is 1.64. The number of amides is 2. The van der Waals surface area contributed by atoms with Crippen LogP contribution in [0.15, 0.2) is 24.5 Å². The molecule has 2 amide bonds. The highest BCUT2D eigenvalue weighted by Crippen LogP contribution is 2.00. The van der Waals surface area contributed by atoms with Crippen LogP contribution in [0.2, 0.25) is 0 Å². The maximum Gasteiger partial charge on any atom is 0.220 e. The van der Waals surface area contributed by atoms with Crippen molar-refractivity contribution in [2.75, 3.05) is 6.54 Å². The summed E-state index contributed by atoms with van der Waals surface area (Å²) in [4.78, 5) is 26.1. The zero-order valence-electron chi connectivity index (χ0n) is 11.3. The quantitative estimate of drug-likeness (QED) is 0.696. The molecule has 1 rings (SSSR count). The maximum atomic E-state index is 11.6. The van der Waals surface area contributed by atoms with E-state index in [2.05, 4.69) is 15.6 Å². The van der Waals surface area contributed by atoms with Crippen molar-refractivity contribution in [3.63, 3.8) is 0 Å². The minimum atomic E-state index is -0.00454. The molecule has 2 N–H and O–H groups in total. The number of pyridine rings is 1. The van der Waals surface area contributed by atoms with Crippen molar-refractivity contribution < 1.29 is 9.59 Å². The topological polar surface area (TPSA) is 71.1 Å². The highest BCUT2D eigenvalue weighted by Gasteiger charge is 2.01. The first-order chi connectivity index (χ1) is 9.18. The van der Waals surface area contributed by atoms with Gasteiger partial charge in [0.25, 0.3) is 0 Å². The monoisotopic (exact) mass is 263 g/mol. The van der Waals surface area contributed by atoms with Gasteiger partial charge in [0.05, 0.1) is 0 Å². The largest absolute Gasteiger partial charge is 0.356 e. The average molecular weight is 263 g/mol. The highest BCUT2D eigenvalue weighted by atomic mass is 16.2. The zero-order valence-corrected chi connectivity index (χ0v) is 11.3. The van der Waals surface area contributed by atoms with E-state index in [9.17, 15) is 9.59 Å². The molecule has 0 fully saturated rings. The molecule has 19 heavy (non-hydrogen) atoms. The number of carbonyl (C=O) groups excluding carboxylic acids is 2. The molecule has 0 radical (unpaired) electrons.